The molecule has 12 nitrogen and oxygen atoms in total. The van der Waals surface area contributed by atoms with Crippen LogP contribution in [0.2, 0.25) is 20.2 Å². The molecule has 0 saturated carbocycles. The number of aryl methyl sites for hydroxylation is 3. The van der Waals surface area contributed by atoms with E-state index in [2.05, 4.69) is 60.1 Å². The minimum Gasteiger partial charge on any atom is -0.481 e. The average molecular weight is 1010 g/mol. The van der Waals surface area contributed by atoms with Gasteiger partial charge >= 0.3 is 0 Å². The molecule has 0 fully saturated rings. The number of benzene rings is 4. The van der Waals surface area contributed by atoms with Crippen molar-refractivity contribution in [3.05, 3.63) is 198 Å². The lowest BCUT2D eigenvalue weighted by atomic mass is 10.1. The van der Waals surface area contributed by atoms with Crippen LogP contribution in [0.3, 0.4) is 0 Å². The number of methoxy groups -OCH3 is 2. The fourth-order valence-electron chi connectivity index (χ4n) is 5.64. The van der Waals surface area contributed by atoms with Crippen LogP contribution in [0.15, 0.2) is 144 Å². The quantitative estimate of drug-likeness (QED) is 0.121. The van der Waals surface area contributed by atoms with Crippen LogP contribution >= 0.6 is 46.4 Å². The second-order valence-corrected chi connectivity index (χ2v) is 15.0. The lowest BCUT2D eigenvalue weighted by molar-refractivity contribution is 0.397. The average Bonchev–Trinajstić information content (AvgIpc) is 3.34. The van der Waals surface area contributed by atoms with E-state index in [9.17, 15) is 9.59 Å². The van der Waals surface area contributed by atoms with Gasteiger partial charge in [-0.3, -0.25) is 9.59 Å². The van der Waals surface area contributed by atoms with Gasteiger partial charge in [0.05, 0.1) is 59.0 Å². The van der Waals surface area contributed by atoms with E-state index in [-0.39, 0.29) is 26.0 Å². The Hall–Kier alpha value is -7.32. The molecular formula is C53H54Cl4N8O4. The van der Waals surface area contributed by atoms with Gasteiger partial charge in [-0.1, -0.05) is 146 Å². The van der Waals surface area contributed by atoms with Gasteiger partial charge in [0.2, 0.25) is 11.8 Å². The Bertz CT molecular complexity index is 3010. The normalized spacial score (nSPS) is 9.32. The third-order valence-electron chi connectivity index (χ3n) is 8.84. The lowest BCUT2D eigenvalue weighted by Gasteiger charge is -2.14. The topological polar surface area (TPSA) is 151 Å². The van der Waals surface area contributed by atoms with Gasteiger partial charge in [-0.05, 0) is 49.9 Å². The third kappa shape index (κ3) is 18.7. The summed E-state index contributed by atoms with van der Waals surface area (Å²) >= 11 is 24.3. The van der Waals surface area contributed by atoms with Crippen molar-refractivity contribution in [1.29, 1.82) is 0 Å². The van der Waals surface area contributed by atoms with Crippen molar-refractivity contribution in [2.75, 3.05) is 14.2 Å². The van der Waals surface area contributed by atoms with Crippen LogP contribution in [0.4, 0.5) is 0 Å². The summed E-state index contributed by atoms with van der Waals surface area (Å²) in [7, 11) is 3.10. The fourth-order valence-corrected chi connectivity index (χ4v) is 6.45. The molecule has 4 aromatic heterocycles. The zero-order valence-electron chi connectivity index (χ0n) is 37.4. The third-order valence-corrected chi connectivity index (χ3v) is 10.6. The number of terminal acetylenes is 2. The van der Waals surface area contributed by atoms with E-state index in [1.165, 1.54) is 38.2 Å². The maximum atomic E-state index is 11.7. The zero-order valence-corrected chi connectivity index (χ0v) is 40.4. The van der Waals surface area contributed by atoms with E-state index < -0.39 is 0 Å². The molecule has 0 saturated heterocycles. The number of nitrogens with one attached hydrogen (secondary N) is 1. The molecule has 8 aromatic rings. The summed E-state index contributed by atoms with van der Waals surface area (Å²) in [4.78, 5) is 48.8. The van der Waals surface area contributed by atoms with Gasteiger partial charge in [-0.25, -0.2) is 24.9 Å². The molecule has 0 amide bonds. The van der Waals surface area contributed by atoms with Gasteiger partial charge in [0.15, 0.2) is 0 Å². The van der Waals surface area contributed by atoms with Crippen LogP contribution in [0.5, 0.6) is 11.8 Å². The molecule has 8 rings (SSSR count). The number of aromatic amines is 1. The van der Waals surface area contributed by atoms with Gasteiger partial charge in [0, 0.05) is 47.5 Å². The minimum atomic E-state index is -0.267. The Morgan fingerprint density at radius 2 is 1.09 bits per heavy atom. The number of nitrogens with zero attached hydrogens (tertiary/aromatic N) is 7. The van der Waals surface area contributed by atoms with Crippen LogP contribution in [0.1, 0.15) is 44.0 Å². The van der Waals surface area contributed by atoms with Gasteiger partial charge in [0.1, 0.15) is 17.8 Å². The van der Waals surface area contributed by atoms with E-state index in [1.807, 2.05) is 110 Å². The second-order valence-electron chi connectivity index (χ2n) is 13.4. The maximum absolute atomic E-state index is 11.7. The molecule has 0 aliphatic carbocycles. The Kier molecular flexibility index (Phi) is 27.4. The number of H-pyrrole nitrogens is 1. The van der Waals surface area contributed by atoms with E-state index in [1.54, 1.807) is 32.5 Å². The predicted molar refractivity (Wildman–Crippen MR) is 284 cm³/mol. The number of hydrogen-bond acceptors (Lipinski definition) is 10. The van der Waals surface area contributed by atoms with Crippen molar-refractivity contribution in [2.24, 2.45) is 0 Å². The summed E-state index contributed by atoms with van der Waals surface area (Å²) < 4.78 is 11.8. The first kappa shape index (κ1) is 59.7. The van der Waals surface area contributed by atoms with Crippen LogP contribution in [0.25, 0.3) is 33.8 Å². The first-order chi connectivity index (χ1) is 32.3. The number of hydrogen-bond donors (Lipinski definition) is 1. The number of halogens is 4. The smallest absolute Gasteiger partial charge is 0.273 e. The Labute approximate surface area is 424 Å². The molecular weight excluding hydrogens is 954 g/mol. The number of ether oxygens (including phenoxy) is 2. The molecule has 358 valence electrons. The molecule has 0 bridgehead atoms. The summed E-state index contributed by atoms with van der Waals surface area (Å²) in [5.74, 6) is 3.26. The van der Waals surface area contributed by atoms with Crippen molar-refractivity contribution in [2.45, 2.75) is 49.1 Å². The molecule has 1 N–H and O–H groups in total. The SMILES string of the molecule is C.C.C#C.C#CC.COc1cc(-c2cccc(C)c2Cl)ncn1.COc1cc(Cl)ncn1.Cc1cccc(-c2cc(=O)[nH]cn2)c1Cl.Cc1cccc(-c2cc(=O)ncn2Cc2ccccc2)c1Cl. The molecule has 0 unspecified atom stereocenters. The molecule has 0 radical (unpaired) electrons. The molecule has 0 spiro atoms. The van der Waals surface area contributed by atoms with E-state index >= 15 is 0 Å². The highest BCUT2D eigenvalue weighted by molar-refractivity contribution is 6.34. The van der Waals surface area contributed by atoms with Gasteiger partial charge in [-0.15, -0.1) is 25.2 Å². The van der Waals surface area contributed by atoms with Crippen molar-refractivity contribution in [3.8, 4) is 70.7 Å². The van der Waals surface area contributed by atoms with E-state index in [0.29, 0.717) is 44.2 Å². The summed E-state index contributed by atoms with van der Waals surface area (Å²) in [6, 6.07) is 33.6. The summed E-state index contributed by atoms with van der Waals surface area (Å²) in [6.07, 6.45) is 18.4. The van der Waals surface area contributed by atoms with Crippen molar-refractivity contribution in [1.82, 2.24) is 39.5 Å². The standard InChI is InChI=1S/C18H15ClN2O.C12H11ClN2O.C11H9ClN2O.C5H5ClN2O.C3H4.C2H2.2CH4/c1-13-6-5-9-15(18(13)19)16-10-17(22)20-12-21(16)11-14-7-3-2-4-8-14;1-8-4-3-5-9(12(8)13)10-6-11(16-2)15-7-14-10;1-7-3-2-4-8(11(7)12)9-5-10(15)14-6-13-9;1-9-5-2-4(6)7-3-8-5;1-3-2;1-2;;/h2-10,12H,11H2,1H3;3-7H,1-2H3;2-6H,1H3,(H,13,14,15);2-3H,1H3;1H,2H3;1-2H;2*1H4. The molecule has 4 aromatic carbocycles. The van der Waals surface area contributed by atoms with Crippen molar-refractivity contribution in [3.63, 3.8) is 0 Å². The van der Waals surface area contributed by atoms with E-state index in [0.717, 1.165) is 50.3 Å². The van der Waals surface area contributed by atoms with Crippen LogP contribution in [-0.2, 0) is 6.54 Å². The second kappa shape index (κ2) is 31.6. The van der Waals surface area contributed by atoms with Crippen LogP contribution in [0, 0.1) is 46.0 Å². The molecule has 0 aliphatic rings. The maximum Gasteiger partial charge on any atom is 0.273 e. The summed E-state index contributed by atoms with van der Waals surface area (Å²) in [6.45, 7) is 8.11. The first-order valence-electron chi connectivity index (χ1n) is 19.8. The minimum absolute atomic E-state index is 0. The Morgan fingerprint density at radius 3 is 1.58 bits per heavy atom. The highest BCUT2D eigenvalue weighted by Gasteiger charge is 2.12. The van der Waals surface area contributed by atoms with E-state index in [4.69, 9.17) is 55.9 Å². The highest BCUT2D eigenvalue weighted by Crippen LogP contribution is 2.31. The number of rotatable bonds is 7. The largest absolute Gasteiger partial charge is 0.481 e. The van der Waals surface area contributed by atoms with Crippen LogP contribution < -0.4 is 20.6 Å². The summed E-state index contributed by atoms with van der Waals surface area (Å²) in [5, 5.41) is 2.40. The fraction of sp³-hybridized carbons (Fsp3) is 0.170. The molecule has 16 heteroatoms. The number of aromatic nitrogens is 8. The van der Waals surface area contributed by atoms with Gasteiger partial charge < -0.3 is 19.0 Å². The van der Waals surface area contributed by atoms with Crippen molar-refractivity contribution < 1.29 is 9.47 Å². The molecule has 0 aliphatic heterocycles. The molecule has 4 heterocycles. The zero-order chi connectivity index (χ0) is 49.3. The lowest BCUT2D eigenvalue weighted by Crippen LogP contribution is -2.13. The summed E-state index contributed by atoms with van der Waals surface area (Å²) in [5.41, 5.74) is 8.31. The predicted octanol–water partition coefficient (Wildman–Crippen LogP) is 12.7. The first-order valence-corrected chi connectivity index (χ1v) is 21.3. The molecule has 69 heavy (non-hydrogen) atoms. The highest BCUT2D eigenvalue weighted by atomic mass is 35.5. The Balaban J connectivity index is 0.000000456. The van der Waals surface area contributed by atoms with Crippen molar-refractivity contribution >= 4 is 46.4 Å². The molecule has 0 atom stereocenters. The Morgan fingerprint density at radius 1 is 0.609 bits per heavy atom. The van der Waals surface area contributed by atoms with Crippen LogP contribution in [-0.4, -0.2) is 53.7 Å². The van der Waals surface area contributed by atoms with Gasteiger partial charge in [-0.2, -0.15) is 4.98 Å². The van der Waals surface area contributed by atoms with Gasteiger partial charge in [0.25, 0.3) is 11.1 Å². The monoisotopic (exact) mass is 1010 g/mol.